The fraction of sp³-hybridized carbons (Fsp3) is 0.368. The number of hydrogen-bond donors (Lipinski definition) is 1. The number of amides is 2. The first kappa shape index (κ1) is 16.5. The summed E-state index contributed by atoms with van der Waals surface area (Å²) < 4.78 is 0. The third-order valence-corrected chi connectivity index (χ3v) is 5.41. The van der Waals surface area contributed by atoms with Crippen LogP contribution >= 0.6 is 0 Å². The number of likely N-dealkylation sites (tertiary alicyclic amines) is 1. The molecule has 0 bridgehead atoms. The lowest BCUT2D eigenvalue weighted by Gasteiger charge is -2.29. The number of nitrogens with two attached hydrogens (primary N) is 1. The van der Waals surface area contributed by atoms with Gasteiger partial charge >= 0.3 is 0 Å². The minimum Gasteiger partial charge on any atom is -0.364 e. The van der Waals surface area contributed by atoms with E-state index in [1.807, 2.05) is 23.1 Å². The number of aromatic nitrogens is 2. The van der Waals surface area contributed by atoms with Gasteiger partial charge in [-0.1, -0.05) is 30.3 Å². The molecular weight excluding hydrogens is 330 g/mol. The molecule has 3 heterocycles. The number of nitrogens with zero attached hydrogens (tertiary/aromatic N) is 4. The van der Waals surface area contributed by atoms with Crippen molar-refractivity contribution < 1.29 is 9.59 Å². The molecule has 0 spiro atoms. The molecule has 26 heavy (non-hydrogen) atoms. The summed E-state index contributed by atoms with van der Waals surface area (Å²) in [5.74, 6) is 0.874. The molecule has 2 N–H and O–H groups in total. The van der Waals surface area contributed by atoms with Crippen LogP contribution < -0.4 is 10.6 Å². The van der Waals surface area contributed by atoms with Crippen molar-refractivity contribution in [3.05, 3.63) is 54.0 Å². The van der Waals surface area contributed by atoms with E-state index in [9.17, 15) is 9.59 Å². The number of hydrogen-bond acceptors (Lipinski definition) is 5. The quantitative estimate of drug-likeness (QED) is 0.898. The predicted molar refractivity (Wildman–Crippen MR) is 96.3 cm³/mol. The van der Waals surface area contributed by atoms with Crippen LogP contribution in [-0.2, 0) is 4.79 Å². The van der Waals surface area contributed by atoms with Crippen LogP contribution in [0.4, 0.5) is 5.82 Å². The van der Waals surface area contributed by atoms with E-state index in [-0.39, 0.29) is 17.6 Å². The molecule has 0 unspecified atom stereocenters. The van der Waals surface area contributed by atoms with Crippen molar-refractivity contribution >= 4 is 17.6 Å². The van der Waals surface area contributed by atoms with Gasteiger partial charge < -0.3 is 15.5 Å². The molecule has 3 atom stereocenters. The molecule has 2 fully saturated rings. The Bertz CT molecular complexity index is 841. The van der Waals surface area contributed by atoms with Gasteiger partial charge in [0, 0.05) is 38.4 Å². The molecule has 7 nitrogen and oxygen atoms in total. The van der Waals surface area contributed by atoms with Crippen LogP contribution in [-0.4, -0.2) is 46.3 Å². The summed E-state index contributed by atoms with van der Waals surface area (Å²) in [6.45, 7) is 3.93. The van der Waals surface area contributed by atoms with Gasteiger partial charge in [0.1, 0.15) is 11.5 Å². The maximum atomic E-state index is 12.2. The molecule has 2 aliphatic heterocycles. The summed E-state index contributed by atoms with van der Waals surface area (Å²) in [5.41, 5.74) is 6.65. The topological polar surface area (TPSA) is 92.4 Å². The van der Waals surface area contributed by atoms with Crippen LogP contribution in [0.1, 0.15) is 29.0 Å². The normalized spacial score (nSPS) is 24.6. The minimum atomic E-state index is -0.580. The number of fused-ring (bicyclic) bond motifs is 1. The Morgan fingerprint density at radius 2 is 1.88 bits per heavy atom. The third-order valence-electron chi connectivity index (χ3n) is 5.41. The molecular formula is C19H21N5O2. The molecule has 2 saturated heterocycles. The van der Waals surface area contributed by atoms with Crippen LogP contribution in [0.2, 0.25) is 0 Å². The van der Waals surface area contributed by atoms with E-state index in [1.54, 1.807) is 13.1 Å². The first-order chi connectivity index (χ1) is 12.5. The summed E-state index contributed by atoms with van der Waals surface area (Å²) in [6, 6.07) is 10.2. The first-order valence-corrected chi connectivity index (χ1v) is 8.73. The summed E-state index contributed by atoms with van der Waals surface area (Å²) in [7, 11) is 0. The van der Waals surface area contributed by atoms with Crippen molar-refractivity contribution in [2.75, 3.05) is 24.5 Å². The SMILES string of the molecule is CC(=O)N1C[C@H]2CN(c3cncc(C(N)=O)n3)C[C@H]2[C@H]1c1ccccc1. The number of carbonyl (C=O) groups is 2. The van der Waals surface area contributed by atoms with Gasteiger partial charge in [0.15, 0.2) is 0 Å². The highest BCUT2D eigenvalue weighted by atomic mass is 16.2. The lowest BCUT2D eigenvalue weighted by molar-refractivity contribution is -0.130. The van der Waals surface area contributed by atoms with Crippen molar-refractivity contribution in [3.8, 4) is 0 Å². The number of rotatable bonds is 3. The summed E-state index contributed by atoms with van der Waals surface area (Å²) >= 11 is 0. The van der Waals surface area contributed by atoms with E-state index in [4.69, 9.17) is 5.73 Å². The van der Waals surface area contributed by atoms with Crippen molar-refractivity contribution in [3.63, 3.8) is 0 Å². The zero-order valence-electron chi connectivity index (χ0n) is 14.6. The van der Waals surface area contributed by atoms with Crippen molar-refractivity contribution in [2.45, 2.75) is 13.0 Å². The highest BCUT2D eigenvalue weighted by molar-refractivity contribution is 5.90. The lowest BCUT2D eigenvalue weighted by atomic mass is 9.89. The van der Waals surface area contributed by atoms with E-state index >= 15 is 0 Å². The van der Waals surface area contributed by atoms with E-state index in [1.165, 1.54) is 6.20 Å². The second kappa shape index (κ2) is 6.40. The standard InChI is InChI=1S/C19H21N5O2/c1-12(25)24-10-14-9-23(17-8-21-7-16(22-17)19(20)26)11-15(14)18(24)13-5-3-2-4-6-13/h2-8,14-15,18H,9-11H2,1H3,(H2,20,26)/t14-,15-,18-/m1/s1. The molecule has 1 aromatic carbocycles. The third kappa shape index (κ3) is 2.79. The molecule has 1 aromatic heterocycles. The van der Waals surface area contributed by atoms with E-state index in [2.05, 4.69) is 27.0 Å². The van der Waals surface area contributed by atoms with Gasteiger partial charge in [-0.25, -0.2) is 4.98 Å². The second-order valence-electron chi connectivity index (χ2n) is 6.98. The highest BCUT2D eigenvalue weighted by Crippen LogP contribution is 2.45. The maximum Gasteiger partial charge on any atom is 0.268 e. The second-order valence-corrected chi connectivity index (χ2v) is 6.98. The monoisotopic (exact) mass is 351 g/mol. The zero-order chi connectivity index (χ0) is 18.3. The van der Waals surface area contributed by atoms with Gasteiger partial charge in [-0.3, -0.25) is 14.6 Å². The van der Waals surface area contributed by atoms with E-state index in [0.29, 0.717) is 17.7 Å². The predicted octanol–water partition coefficient (Wildman–Crippen LogP) is 1.23. The van der Waals surface area contributed by atoms with Gasteiger partial charge in [0.05, 0.1) is 18.4 Å². The average Bonchev–Trinajstić information content (AvgIpc) is 3.20. The van der Waals surface area contributed by atoms with Gasteiger partial charge in [-0.15, -0.1) is 0 Å². The lowest BCUT2D eigenvalue weighted by Crippen LogP contribution is -2.34. The fourth-order valence-electron chi connectivity index (χ4n) is 4.26. The van der Waals surface area contributed by atoms with Gasteiger partial charge in [0.2, 0.25) is 5.91 Å². The van der Waals surface area contributed by atoms with Crippen LogP contribution in [0, 0.1) is 11.8 Å². The number of benzene rings is 1. The first-order valence-electron chi connectivity index (χ1n) is 8.73. The van der Waals surface area contributed by atoms with Crippen LogP contribution in [0.25, 0.3) is 0 Å². The highest BCUT2D eigenvalue weighted by Gasteiger charge is 2.48. The fourth-order valence-corrected chi connectivity index (χ4v) is 4.26. The van der Waals surface area contributed by atoms with Gasteiger partial charge in [-0.2, -0.15) is 0 Å². The summed E-state index contributed by atoms with van der Waals surface area (Å²) in [5, 5.41) is 0. The molecule has 0 radical (unpaired) electrons. The zero-order valence-corrected chi connectivity index (χ0v) is 14.6. The number of anilines is 1. The maximum absolute atomic E-state index is 12.2. The Hall–Kier alpha value is -2.96. The average molecular weight is 351 g/mol. The van der Waals surface area contributed by atoms with Gasteiger partial charge in [-0.05, 0) is 5.56 Å². The van der Waals surface area contributed by atoms with Crippen molar-refractivity contribution in [1.82, 2.24) is 14.9 Å². The molecule has 2 amide bonds. The summed E-state index contributed by atoms with van der Waals surface area (Å²) in [6.07, 6.45) is 3.04. The van der Waals surface area contributed by atoms with Crippen LogP contribution in [0.5, 0.6) is 0 Å². The molecule has 2 aromatic rings. The Labute approximate surface area is 151 Å². The van der Waals surface area contributed by atoms with Crippen LogP contribution in [0.15, 0.2) is 42.7 Å². The largest absolute Gasteiger partial charge is 0.364 e. The summed E-state index contributed by atoms with van der Waals surface area (Å²) in [4.78, 5) is 36.1. The minimum absolute atomic E-state index is 0.0657. The number of carbonyl (C=O) groups excluding carboxylic acids is 2. The van der Waals surface area contributed by atoms with Crippen molar-refractivity contribution in [1.29, 1.82) is 0 Å². The Morgan fingerprint density at radius 1 is 1.12 bits per heavy atom. The molecule has 2 aliphatic rings. The Morgan fingerprint density at radius 3 is 2.58 bits per heavy atom. The molecule has 4 rings (SSSR count). The molecule has 134 valence electrons. The van der Waals surface area contributed by atoms with E-state index in [0.717, 1.165) is 25.2 Å². The van der Waals surface area contributed by atoms with Crippen LogP contribution in [0.3, 0.4) is 0 Å². The number of primary amides is 1. The molecule has 7 heteroatoms. The Balaban J connectivity index is 1.62. The molecule has 0 aliphatic carbocycles. The van der Waals surface area contributed by atoms with E-state index < -0.39 is 5.91 Å². The smallest absolute Gasteiger partial charge is 0.268 e. The Kier molecular flexibility index (Phi) is 4.06. The van der Waals surface area contributed by atoms with Crippen molar-refractivity contribution in [2.24, 2.45) is 17.6 Å². The molecule has 0 saturated carbocycles. The van der Waals surface area contributed by atoms with Gasteiger partial charge in [0.25, 0.3) is 5.91 Å².